The average molecular weight is 311 g/mol. The van der Waals surface area contributed by atoms with E-state index in [1.807, 2.05) is 55.4 Å². The molecule has 1 aliphatic rings. The lowest BCUT2D eigenvalue weighted by molar-refractivity contribution is 0.0984. The highest BCUT2D eigenvalue weighted by molar-refractivity contribution is 7.99. The first-order valence-electron chi connectivity index (χ1n) is 7.19. The normalized spacial score (nSPS) is 13.6. The van der Waals surface area contributed by atoms with Crippen molar-refractivity contribution in [2.45, 2.75) is 11.3 Å². The van der Waals surface area contributed by atoms with E-state index < -0.39 is 0 Å². The Balaban J connectivity index is 1.99. The molecule has 0 spiro atoms. The van der Waals surface area contributed by atoms with E-state index in [4.69, 9.17) is 0 Å². The number of fused-ring (bicyclic) bond motifs is 1. The van der Waals surface area contributed by atoms with Gasteiger partial charge in [-0.2, -0.15) is 0 Å². The zero-order chi connectivity index (χ0) is 15.7. The first-order chi connectivity index (χ1) is 10.6. The van der Waals surface area contributed by atoms with Crippen LogP contribution >= 0.6 is 11.8 Å². The Morgan fingerprint density at radius 2 is 1.82 bits per heavy atom. The fourth-order valence-electron chi connectivity index (χ4n) is 2.54. The molecule has 2 aromatic rings. The molecule has 112 valence electrons. The molecule has 22 heavy (non-hydrogen) atoms. The zero-order valence-corrected chi connectivity index (χ0v) is 13.4. The van der Waals surface area contributed by atoms with Crippen LogP contribution in [-0.2, 0) is 0 Å². The van der Waals surface area contributed by atoms with Crippen molar-refractivity contribution >= 4 is 29.0 Å². The molecule has 0 aliphatic carbocycles. The molecule has 0 saturated heterocycles. The van der Waals surface area contributed by atoms with Gasteiger partial charge in [0.1, 0.15) is 0 Å². The highest BCUT2D eigenvalue weighted by atomic mass is 32.2. The minimum Gasteiger partial charge on any atom is -0.378 e. The topological polar surface area (TPSA) is 37.4 Å². The van der Waals surface area contributed by atoms with E-state index in [2.05, 4.69) is 0 Å². The van der Waals surface area contributed by atoms with Gasteiger partial charge in [-0.1, -0.05) is 12.1 Å². The maximum atomic E-state index is 12.8. The first kappa shape index (κ1) is 14.9. The molecular formula is C18H17NO2S. The number of benzene rings is 2. The Bertz CT molecular complexity index is 735. The van der Waals surface area contributed by atoms with Gasteiger partial charge in [0.2, 0.25) is 0 Å². The van der Waals surface area contributed by atoms with Crippen molar-refractivity contribution in [1.29, 1.82) is 0 Å². The van der Waals surface area contributed by atoms with Crippen LogP contribution in [0.2, 0.25) is 0 Å². The van der Waals surface area contributed by atoms with Crippen LogP contribution in [0.15, 0.2) is 47.4 Å². The molecule has 1 aliphatic heterocycles. The smallest absolute Gasteiger partial charge is 0.194 e. The SMILES string of the molecule is CN(C)c1ccc(C(=O)c2cccc3c2SCCC3=O)cc1. The van der Waals surface area contributed by atoms with Crippen molar-refractivity contribution in [2.24, 2.45) is 0 Å². The highest BCUT2D eigenvalue weighted by Crippen LogP contribution is 2.34. The van der Waals surface area contributed by atoms with Gasteiger partial charge in [0.05, 0.1) is 0 Å². The maximum absolute atomic E-state index is 12.8. The van der Waals surface area contributed by atoms with Crippen LogP contribution in [0.5, 0.6) is 0 Å². The Labute approximate surface area is 134 Å². The van der Waals surface area contributed by atoms with Gasteiger partial charge in [-0.3, -0.25) is 9.59 Å². The van der Waals surface area contributed by atoms with E-state index in [0.29, 0.717) is 23.1 Å². The summed E-state index contributed by atoms with van der Waals surface area (Å²) in [6.07, 6.45) is 0.548. The van der Waals surface area contributed by atoms with E-state index in [-0.39, 0.29) is 11.6 Å². The summed E-state index contributed by atoms with van der Waals surface area (Å²) in [6, 6.07) is 13.0. The number of anilines is 1. The largest absolute Gasteiger partial charge is 0.378 e. The molecule has 2 aromatic carbocycles. The number of thioether (sulfide) groups is 1. The third-order valence-corrected chi connectivity index (χ3v) is 4.92. The van der Waals surface area contributed by atoms with Gasteiger partial charge < -0.3 is 4.90 Å². The molecule has 0 atom stereocenters. The zero-order valence-electron chi connectivity index (χ0n) is 12.6. The lowest BCUT2D eigenvalue weighted by Gasteiger charge is -2.17. The van der Waals surface area contributed by atoms with Gasteiger partial charge in [0.25, 0.3) is 0 Å². The lowest BCUT2D eigenvalue weighted by Crippen LogP contribution is -2.13. The van der Waals surface area contributed by atoms with Crippen LogP contribution < -0.4 is 4.90 Å². The maximum Gasteiger partial charge on any atom is 0.194 e. The summed E-state index contributed by atoms with van der Waals surface area (Å²) in [5, 5.41) is 0. The van der Waals surface area contributed by atoms with Crippen molar-refractivity contribution in [3.05, 3.63) is 59.2 Å². The monoisotopic (exact) mass is 311 g/mol. The minimum absolute atomic E-state index is 0.0237. The van der Waals surface area contributed by atoms with Crippen molar-refractivity contribution < 1.29 is 9.59 Å². The Hall–Kier alpha value is -2.07. The molecule has 1 heterocycles. The number of carbonyl (C=O) groups is 2. The molecule has 0 amide bonds. The fraction of sp³-hybridized carbons (Fsp3) is 0.222. The molecule has 0 unspecified atom stereocenters. The molecule has 0 saturated carbocycles. The number of hydrogen-bond donors (Lipinski definition) is 0. The third-order valence-electron chi connectivity index (χ3n) is 3.78. The van der Waals surface area contributed by atoms with Crippen LogP contribution in [0.1, 0.15) is 32.7 Å². The van der Waals surface area contributed by atoms with Crippen molar-refractivity contribution in [3.8, 4) is 0 Å². The van der Waals surface area contributed by atoms with Crippen molar-refractivity contribution in [3.63, 3.8) is 0 Å². The van der Waals surface area contributed by atoms with Crippen LogP contribution in [0, 0.1) is 0 Å². The van der Waals surface area contributed by atoms with E-state index in [1.165, 1.54) is 0 Å². The molecule has 4 heteroatoms. The Kier molecular flexibility index (Phi) is 4.03. The van der Waals surface area contributed by atoms with Gasteiger partial charge in [0.15, 0.2) is 11.6 Å². The number of Topliss-reactive ketones (excluding diaryl/α,β-unsaturated/α-hetero) is 1. The van der Waals surface area contributed by atoms with Gasteiger partial charge in [-0.25, -0.2) is 0 Å². The van der Waals surface area contributed by atoms with E-state index in [1.54, 1.807) is 17.8 Å². The van der Waals surface area contributed by atoms with Crippen LogP contribution in [0.4, 0.5) is 5.69 Å². The molecule has 0 radical (unpaired) electrons. The summed E-state index contributed by atoms with van der Waals surface area (Å²) in [6.45, 7) is 0. The molecule has 0 aromatic heterocycles. The summed E-state index contributed by atoms with van der Waals surface area (Å²) >= 11 is 1.60. The predicted molar refractivity (Wildman–Crippen MR) is 90.3 cm³/mol. The van der Waals surface area contributed by atoms with Crippen LogP contribution in [-0.4, -0.2) is 31.4 Å². The molecule has 3 nitrogen and oxygen atoms in total. The second-order valence-electron chi connectivity index (χ2n) is 5.47. The van der Waals surface area contributed by atoms with E-state index in [0.717, 1.165) is 16.3 Å². The number of carbonyl (C=O) groups excluding carboxylic acids is 2. The second kappa shape index (κ2) is 5.97. The quantitative estimate of drug-likeness (QED) is 0.811. The van der Waals surface area contributed by atoms with Crippen LogP contribution in [0.25, 0.3) is 0 Å². The lowest BCUT2D eigenvalue weighted by atomic mass is 9.98. The summed E-state index contributed by atoms with van der Waals surface area (Å²) < 4.78 is 0. The Morgan fingerprint density at radius 3 is 2.50 bits per heavy atom. The van der Waals surface area contributed by atoms with Crippen LogP contribution in [0.3, 0.4) is 0 Å². The van der Waals surface area contributed by atoms with Gasteiger partial charge >= 0.3 is 0 Å². The standard InChI is InChI=1S/C18H17NO2S/c1-19(2)13-8-6-12(7-9-13)17(21)15-5-3-4-14-16(20)10-11-22-18(14)15/h3-9H,10-11H2,1-2H3. The number of hydrogen-bond acceptors (Lipinski definition) is 4. The minimum atomic E-state index is -0.0237. The summed E-state index contributed by atoms with van der Waals surface area (Å²) in [7, 11) is 3.93. The number of rotatable bonds is 3. The van der Waals surface area contributed by atoms with Gasteiger partial charge in [-0.05, 0) is 30.3 Å². The summed E-state index contributed by atoms with van der Waals surface area (Å²) in [5.74, 6) is 0.853. The van der Waals surface area contributed by atoms with Crippen molar-refractivity contribution in [2.75, 3.05) is 24.7 Å². The number of ketones is 2. The summed E-state index contributed by atoms with van der Waals surface area (Å²) in [5.41, 5.74) is 3.02. The highest BCUT2D eigenvalue weighted by Gasteiger charge is 2.23. The number of nitrogens with zero attached hydrogens (tertiary/aromatic N) is 1. The average Bonchev–Trinajstić information content (AvgIpc) is 2.54. The van der Waals surface area contributed by atoms with Gasteiger partial charge in [-0.15, -0.1) is 11.8 Å². The first-order valence-corrected chi connectivity index (χ1v) is 8.17. The second-order valence-corrected chi connectivity index (χ2v) is 6.58. The van der Waals surface area contributed by atoms with Gasteiger partial charge in [0, 0.05) is 53.5 Å². The van der Waals surface area contributed by atoms with E-state index >= 15 is 0 Å². The predicted octanol–water partition coefficient (Wildman–Crippen LogP) is 3.66. The third kappa shape index (κ3) is 2.66. The van der Waals surface area contributed by atoms with Crippen molar-refractivity contribution in [1.82, 2.24) is 0 Å². The Morgan fingerprint density at radius 1 is 1.09 bits per heavy atom. The molecule has 0 N–H and O–H groups in total. The molecular weight excluding hydrogens is 294 g/mol. The summed E-state index contributed by atoms with van der Waals surface area (Å²) in [4.78, 5) is 27.6. The van der Waals surface area contributed by atoms with E-state index in [9.17, 15) is 9.59 Å². The molecule has 3 rings (SSSR count). The molecule has 0 fully saturated rings. The fourth-order valence-corrected chi connectivity index (χ4v) is 3.68. The molecule has 0 bridgehead atoms.